The first-order valence-corrected chi connectivity index (χ1v) is 6.99. The van der Waals surface area contributed by atoms with Gasteiger partial charge in [-0.3, -0.25) is 9.88 Å². The molecule has 1 saturated heterocycles. The van der Waals surface area contributed by atoms with Crippen molar-refractivity contribution in [2.45, 2.75) is 58.2 Å². The van der Waals surface area contributed by atoms with Gasteiger partial charge in [-0.2, -0.15) is 0 Å². The molecule has 0 bridgehead atoms. The highest BCUT2D eigenvalue weighted by atomic mass is 16.6. The molecule has 20 heavy (non-hydrogen) atoms. The Bertz CT molecular complexity index is 496. The second-order valence-electron chi connectivity index (χ2n) is 6.38. The average Bonchev–Trinajstić information content (AvgIpc) is 2.69. The third-order valence-corrected chi connectivity index (χ3v) is 3.44. The van der Waals surface area contributed by atoms with Gasteiger partial charge in [0.25, 0.3) is 0 Å². The highest BCUT2D eigenvalue weighted by molar-refractivity contribution is 5.70. The Labute approximate surface area is 120 Å². The molecule has 1 fully saturated rings. The van der Waals surface area contributed by atoms with Crippen molar-refractivity contribution in [3.63, 3.8) is 0 Å². The topological polar surface area (TPSA) is 68.5 Å². The van der Waals surface area contributed by atoms with Gasteiger partial charge < -0.3 is 10.5 Å². The minimum absolute atomic E-state index is 0.00384. The molecule has 5 heteroatoms. The normalized spacial score (nSPS) is 22.9. The van der Waals surface area contributed by atoms with Gasteiger partial charge in [0.15, 0.2) is 0 Å². The fraction of sp³-hybridized carbons (Fsp3) is 0.600. The number of ether oxygens (including phenoxy) is 1. The van der Waals surface area contributed by atoms with Crippen molar-refractivity contribution in [1.82, 2.24) is 9.88 Å². The Morgan fingerprint density at radius 2 is 2.10 bits per heavy atom. The lowest BCUT2D eigenvalue weighted by atomic mass is 10.1. The number of likely N-dealkylation sites (tertiary alicyclic amines) is 1. The van der Waals surface area contributed by atoms with Crippen molar-refractivity contribution < 1.29 is 9.53 Å². The number of amides is 1. The van der Waals surface area contributed by atoms with E-state index in [2.05, 4.69) is 4.98 Å². The zero-order valence-electron chi connectivity index (χ0n) is 12.6. The molecule has 2 N–H and O–H groups in total. The summed E-state index contributed by atoms with van der Waals surface area (Å²) in [5, 5.41) is 0. The monoisotopic (exact) mass is 277 g/mol. The van der Waals surface area contributed by atoms with E-state index in [-0.39, 0.29) is 18.2 Å². The molecule has 0 spiro atoms. The van der Waals surface area contributed by atoms with E-state index in [0.717, 1.165) is 18.4 Å². The van der Waals surface area contributed by atoms with Gasteiger partial charge in [0.1, 0.15) is 5.60 Å². The zero-order chi connectivity index (χ0) is 14.9. The van der Waals surface area contributed by atoms with E-state index >= 15 is 0 Å². The molecular weight excluding hydrogens is 254 g/mol. The van der Waals surface area contributed by atoms with Crippen molar-refractivity contribution >= 4 is 11.8 Å². The van der Waals surface area contributed by atoms with Crippen LogP contribution in [-0.2, 0) is 4.74 Å². The molecule has 1 aliphatic heterocycles. The summed E-state index contributed by atoms with van der Waals surface area (Å²) in [4.78, 5) is 18.3. The summed E-state index contributed by atoms with van der Waals surface area (Å²) in [6.45, 7) is 7.68. The summed E-state index contributed by atoms with van der Waals surface area (Å²) >= 11 is 0. The van der Waals surface area contributed by atoms with E-state index in [0.29, 0.717) is 5.69 Å². The molecule has 0 radical (unpaired) electrons. The molecule has 1 aliphatic rings. The summed E-state index contributed by atoms with van der Waals surface area (Å²) in [5.41, 5.74) is 6.89. The first-order valence-electron chi connectivity index (χ1n) is 6.99. The van der Waals surface area contributed by atoms with Gasteiger partial charge in [0.2, 0.25) is 0 Å². The number of hydrogen-bond donors (Lipinski definition) is 1. The van der Waals surface area contributed by atoms with E-state index in [1.54, 1.807) is 12.4 Å². The SMILES string of the molecule is CC1CCC(c2cncc(N)c2)N1C(=O)OC(C)(C)C. The Balaban J connectivity index is 2.23. The quantitative estimate of drug-likeness (QED) is 0.856. The van der Waals surface area contributed by atoms with Crippen LogP contribution in [-0.4, -0.2) is 27.6 Å². The fourth-order valence-electron chi connectivity index (χ4n) is 2.59. The predicted molar refractivity (Wildman–Crippen MR) is 78.2 cm³/mol. The van der Waals surface area contributed by atoms with Crippen LogP contribution in [0.1, 0.15) is 52.1 Å². The maximum atomic E-state index is 12.4. The smallest absolute Gasteiger partial charge is 0.411 e. The van der Waals surface area contributed by atoms with Crippen molar-refractivity contribution in [2.24, 2.45) is 0 Å². The highest BCUT2D eigenvalue weighted by Crippen LogP contribution is 2.37. The van der Waals surface area contributed by atoms with Crippen LogP contribution in [0.5, 0.6) is 0 Å². The van der Waals surface area contributed by atoms with E-state index in [4.69, 9.17) is 10.5 Å². The Morgan fingerprint density at radius 3 is 2.70 bits per heavy atom. The zero-order valence-corrected chi connectivity index (χ0v) is 12.6. The summed E-state index contributed by atoms with van der Waals surface area (Å²) in [6, 6.07) is 2.04. The van der Waals surface area contributed by atoms with Gasteiger partial charge in [0.05, 0.1) is 11.7 Å². The predicted octanol–water partition coefficient (Wildman–Crippen LogP) is 3.12. The van der Waals surface area contributed by atoms with E-state index in [1.165, 1.54) is 0 Å². The average molecular weight is 277 g/mol. The van der Waals surface area contributed by atoms with Gasteiger partial charge in [-0.15, -0.1) is 0 Å². The number of nitrogens with zero attached hydrogens (tertiary/aromatic N) is 2. The van der Waals surface area contributed by atoms with Crippen LogP contribution in [0.3, 0.4) is 0 Å². The second-order valence-corrected chi connectivity index (χ2v) is 6.38. The Kier molecular flexibility index (Phi) is 3.88. The van der Waals surface area contributed by atoms with Crippen LogP contribution >= 0.6 is 0 Å². The Hall–Kier alpha value is -1.78. The number of hydrogen-bond acceptors (Lipinski definition) is 4. The van der Waals surface area contributed by atoms with Gasteiger partial charge in [-0.1, -0.05) is 0 Å². The van der Waals surface area contributed by atoms with E-state index in [1.807, 2.05) is 38.7 Å². The second kappa shape index (κ2) is 5.31. The minimum atomic E-state index is -0.488. The highest BCUT2D eigenvalue weighted by Gasteiger charge is 2.37. The molecule has 2 unspecified atom stereocenters. The molecule has 2 atom stereocenters. The standard InChI is InChI=1S/C15H23N3O2/c1-10-5-6-13(11-7-12(16)9-17-8-11)18(10)14(19)20-15(2,3)4/h7-10,13H,5-6,16H2,1-4H3. The number of aromatic nitrogens is 1. The van der Waals surface area contributed by atoms with Crippen molar-refractivity contribution in [3.8, 4) is 0 Å². The molecule has 5 nitrogen and oxygen atoms in total. The van der Waals surface area contributed by atoms with E-state index < -0.39 is 5.60 Å². The van der Waals surface area contributed by atoms with Crippen LogP contribution in [0.4, 0.5) is 10.5 Å². The number of pyridine rings is 1. The number of carbonyl (C=O) groups is 1. The summed E-state index contributed by atoms with van der Waals surface area (Å²) in [6.07, 6.45) is 4.98. The van der Waals surface area contributed by atoms with Gasteiger partial charge in [-0.05, 0) is 52.2 Å². The number of anilines is 1. The van der Waals surface area contributed by atoms with E-state index in [9.17, 15) is 4.79 Å². The molecule has 2 rings (SSSR count). The lowest BCUT2D eigenvalue weighted by Crippen LogP contribution is -2.40. The van der Waals surface area contributed by atoms with Crippen molar-refractivity contribution in [3.05, 3.63) is 24.0 Å². The minimum Gasteiger partial charge on any atom is -0.444 e. The van der Waals surface area contributed by atoms with Crippen LogP contribution in [0.25, 0.3) is 0 Å². The maximum Gasteiger partial charge on any atom is 0.411 e. The number of nitrogens with two attached hydrogens (primary N) is 1. The van der Waals surface area contributed by atoms with Crippen LogP contribution in [0.15, 0.2) is 18.5 Å². The van der Waals surface area contributed by atoms with Crippen molar-refractivity contribution in [1.29, 1.82) is 0 Å². The summed E-state index contributed by atoms with van der Waals surface area (Å²) in [5.74, 6) is 0. The maximum absolute atomic E-state index is 12.4. The molecular formula is C15H23N3O2. The first kappa shape index (κ1) is 14.6. The third-order valence-electron chi connectivity index (χ3n) is 3.44. The molecule has 0 aliphatic carbocycles. The summed E-state index contributed by atoms with van der Waals surface area (Å²) < 4.78 is 5.51. The molecule has 2 heterocycles. The number of nitrogen functional groups attached to an aromatic ring is 1. The van der Waals surface area contributed by atoms with Crippen molar-refractivity contribution in [2.75, 3.05) is 5.73 Å². The van der Waals surface area contributed by atoms with Crippen LogP contribution < -0.4 is 5.73 Å². The largest absolute Gasteiger partial charge is 0.444 e. The molecule has 0 aromatic carbocycles. The lowest BCUT2D eigenvalue weighted by Gasteiger charge is -2.31. The van der Waals surface area contributed by atoms with Gasteiger partial charge in [-0.25, -0.2) is 4.79 Å². The molecule has 1 aromatic rings. The number of carbonyl (C=O) groups excluding carboxylic acids is 1. The first-order chi connectivity index (χ1) is 9.28. The third kappa shape index (κ3) is 3.21. The molecule has 110 valence electrons. The molecule has 0 saturated carbocycles. The summed E-state index contributed by atoms with van der Waals surface area (Å²) in [7, 11) is 0. The van der Waals surface area contributed by atoms with Crippen LogP contribution in [0.2, 0.25) is 0 Å². The fourth-order valence-corrected chi connectivity index (χ4v) is 2.59. The van der Waals surface area contributed by atoms with Crippen LogP contribution in [0, 0.1) is 0 Å². The Morgan fingerprint density at radius 1 is 1.40 bits per heavy atom. The molecule has 1 amide bonds. The van der Waals surface area contributed by atoms with Gasteiger partial charge in [0, 0.05) is 18.4 Å². The molecule has 1 aromatic heterocycles. The van der Waals surface area contributed by atoms with Gasteiger partial charge >= 0.3 is 6.09 Å². The lowest BCUT2D eigenvalue weighted by molar-refractivity contribution is 0.0158. The number of rotatable bonds is 1.